The van der Waals surface area contributed by atoms with Crippen LogP contribution in [0.2, 0.25) is 0 Å². The number of halogens is 2. The van der Waals surface area contributed by atoms with E-state index in [4.69, 9.17) is 0 Å². The minimum absolute atomic E-state index is 0.0139. The molecule has 118 valence electrons. The maximum atomic E-state index is 13.4. The third-order valence-electron chi connectivity index (χ3n) is 3.75. The van der Waals surface area contributed by atoms with Gasteiger partial charge in [0.05, 0.1) is 12.4 Å². The highest BCUT2D eigenvalue weighted by atomic mass is 32.2. The van der Waals surface area contributed by atoms with Crippen LogP contribution >= 0.6 is 11.8 Å². The molecule has 0 fully saturated rings. The van der Waals surface area contributed by atoms with E-state index in [1.54, 1.807) is 0 Å². The molecular weight excluding hydrogens is 296 g/mol. The Balaban J connectivity index is 2.47. The first-order valence-electron chi connectivity index (χ1n) is 6.91. The second-order valence-electron chi connectivity index (χ2n) is 5.01. The van der Waals surface area contributed by atoms with Crippen molar-refractivity contribution in [3.8, 4) is 0 Å². The van der Waals surface area contributed by atoms with Crippen LogP contribution in [0.3, 0.4) is 0 Å². The maximum absolute atomic E-state index is 13.4. The van der Waals surface area contributed by atoms with Gasteiger partial charge in [-0.3, -0.25) is 4.79 Å². The lowest BCUT2D eigenvalue weighted by Gasteiger charge is -2.29. The van der Waals surface area contributed by atoms with Gasteiger partial charge in [-0.05, 0) is 25.0 Å². The van der Waals surface area contributed by atoms with Crippen molar-refractivity contribution < 1.29 is 18.7 Å². The fraction of sp³-hybridized carbons (Fsp3) is 0.533. The monoisotopic (exact) mass is 317 g/mol. The van der Waals surface area contributed by atoms with E-state index in [1.807, 2.05) is 13.8 Å². The number of amides is 1. The van der Waals surface area contributed by atoms with Gasteiger partial charge in [-0.25, -0.2) is 8.78 Å². The van der Waals surface area contributed by atoms with Crippen molar-refractivity contribution in [3.05, 3.63) is 29.8 Å². The summed E-state index contributed by atoms with van der Waals surface area (Å²) in [5.41, 5.74) is -0.304. The first-order chi connectivity index (χ1) is 9.96. The normalized spacial score (nSPS) is 11.5. The first kappa shape index (κ1) is 17.9. The molecule has 0 aliphatic carbocycles. The van der Waals surface area contributed by atoms with Crippen LogP contribution in [-0.4, -0.2) is 29.9 Å². The van der Waals surface area contributed by atoms with E-state index in [9.17, 15) is 18.7 Å². The van der Waals surface area contributed by atoms with Gasteiger partial charge in [0.1, 0.15) is 11.6 Å². The number of nitrogens with one attached hydrogen (secondary N) is 1. The molecular formula is C15H21F2NO2S. The smallest absolute Gasteiger partial charge is 0.230 e. The fourth-order valence-electron chi connectivity index (χ4n) is 1.85. The predicted octanol–water partition coefficient (Wildman–Crippen LogP) is 2.97. The van der Waals surface area contributed by atoms with Crippen molar-refractivity contribution >= 4 is 17.7 Å². The minimum Gasteiger partial charge on any atom is -0.396 e. The van der Waals surface area contributed by atoms with Gasteiger partial charge in [-0.15, -0.1) is 11.8 Å². The van der Waals surface area contributed by atoms with Crippen molar-refractivity contribution in [2.75, 3.05) is 18.9 Å². The number of hydrogen-bond donors (Lipinski definition) is 2. The molecule has 0 heterocycles. The summed E-state index contributed by atoms with van der Waals surface area (Å²) >= 11 is 1.02. The zero-order valence-electron chi connectivity index (χ0n) is 12.3. The summed E-state index contributed by atoms with van der Waals surface area (Å²) in [4.78, 5) is 12.0. The molecule has 0 aliphatic heterocycles. The molecule has 1 aromatic carbocycles. The SMILES string of the molecule is CCC(CC)(CO)CNC(=O)CSc1ccc(F)cc1F. The number of aliphatic hydroxyl groups excluding tert-OH is 1. The Morgan fingerprint density at radius 3 is 2.52 bits per heavy atom. The molecule has 3 nitrogen and oxygen atoms in total. The lowest BCUT2D eigenvalue weighted by atomic mass is 9.83. The summed E-state index contributed by atoms with van der Waals surface area (Å²) in [6.07, 6.45) is 1.53. The van der Waals surface area contributed by atoms with Gasteiger partial charge in [-0.1, -0.05) is 13.8 Å². The fourth-order valence-corrected chi connectivity index (χ4v) is 2.60. The number of carbonyl (C=O) groups is 1. The van der Waals surface area contributed by atoms with Crippen LogP contribution in [0.25, 0.3) is 0 Å². The lowest BCUT2D eigenvalue weighted by molar-refractivity contribution is -0.119. The molecule has 0 unspecified atom stereocenters. The van der Waals surface area contributed by atoms with Crippen LogP contribution in [0.5, 0.6) is 0 Å². The molecule has 21 heavy (non-hydrogen) atoms. The molecule has 1 rings (SSSR count). The topological polar surface area (TPSA) is 49.3 Å². The number of benzene rings is 1. The molecule has 0 spiro atoms. The zero-order chi connectivity index (χ0) is 15.9. The third kappa shape index (κ3) is 5.28. The number of aliphatic hydroxyl groups is 1. The molecule has 1 aromatic rings. The summed E-state index contributed by atoms with van der Waals surface area (Å²) in [5.74, 6) is -1.49. The Morgan fingerprint density at radius 1 is 1.33 bits per heavy atom. The van der Waals surface area contributed by atoms with Gasteiger partial charge < -0.3 is 10.4 Å². The maximum Gasteiger partial charge on any atom is 0.230 e. The Labute approximate surface area is 128 Å². The van der Waals surface area contributed by atoms with E-state index in [0.717, 1.165) is 36.7 Å². The third-order valence-corrected chi connectivity index (χ3v) is 4.80. The Hall–Kier alpha value is -1.14. The lowest BCUT2D eigenvalue weighted by Crippen LogP contribution is -2.40. The highest BCUT2D eigenvalue weighted by molar-refractivity contribution is 8.00. The standard InChI is InChI=1S/C15H21F2NO2S/c1-3-15(4-2,10-19)9-18-14(20)8-21-13-6-5-11(16)7-12(13)17/h5-7,19H,3-4,8-10H2,1-2H3,(H,18,20). The van der Waals surface area contributed by atoms with Gasteiger partial charge in [0.15, 0.2) is 0 Å². The van der Waals surface area contributed by atoms with Crippen LogP contribution in [-0.2, 0) is 4.79 Å². The van der Waals surface area contributed by atoms with Gasteiger partial charge in [0, 0.05) is 22.9 Å². The summed E-state index contributed by atoms with van der Waals surface area (Å²) < 4.78 is 26.2. The van der Waals surface area contributed by atoms with E-state index in [0.29, 0.717) is 6.54 Å². The molecule has 0 saturated carbocycles. The Bertz CT molecular complexity index is 470. The predicted molar refractivity (Wildman–Crippen MR) is 80.2 cm³/mol. The van der Waals surface area contributed by atoms with Crippen LogP contribution in [0, 0.1) is 17.0 Å². The molecule has 0 radical (unpaired) electrons. The molecule has 1 amide bonds. The highest BCUT2D eigenvalue weighted by Gasteiger charge is 2.25. The van der Waals surface area contributed by atoms with E-state index >= 15 is 0 Å². The Morgan fingerprint density at radius 2 is 2.00 bits per heavy atom. The summed E-state index contributed by atoms with van der Waals surface area (Å²) in [6, 6.07) is 3.28. The van der Waals surface area contributed by atoms with Gasteiger partial charge in [0.2, 0.25) is 5.91 Å². The van der Waals surface area contributed by atoms with E-state index < -0.39 is 11.6 Å². The van der Waals surface area contributed by atoms with Crippen molar-refractivity contribution in [2.24, 2.45) is 5.41 Å². The van der Waals surface area contributed by atoms with Crippen LogP contribution < -0.4 is 5.32 Å². The van der Waals surface area contributed by atoms with Crippen LogP contribution in [0.1, 0.15) is 26.7 Å². The highest BCUT2D eigenvalue weighted by Crippen LogP contribution is 2.25. The van der Waals surface area contributed by atoms with Crippen molar-refractivity contribution in [1.82, 2.24) is 5.32 Å². The summed E-state index contributed by atoms with van der Waals surface area (Å²) in [7, 11) is 0. The first-order valence-corrected chi connectivity index (χ1v) is 7.90. The summed E-state index contributed by atoms with van der Waals surface area (Å²) in [6.45, 7) is 4.34. The van der Waals surface area contributed by atoms with E-state index in [-0.39, 0.29) is 28.6 Å². The molecule has 6 heteroatoms. The molecule has 0 aromatic heterocycles. The average Bonchev–Trinajstić information content (AvgIpc) is 2.48. The number of thioether (sulfide) groups is 1. The zero-order valence-corrected chi connectivity index (χ0v) is 13.1. The number of rotatable bonds is 8. The summed E-state index contributed by atoms with van der Waals surface area (Å²) in [5, 5.41) is 12.2. The van der Waals surface area contributed by atoms with Crippen LogP contribution in [0.4, 0.5) is 8.78 Å². The second kappa shape index (κ2) is 8.34. The van der Waals surface area contributed by atoms with Gasteiger partial charge in [-0.2, -0.15) is 0 Å². The number of carbonyl (C=O) groups excluding carboxylic acids is 1. The minimum atomic E-state index is -0.667. The quantitative estimate of drug-likeness (QED) is 0.725. The molecule has 2 N–H and O–H groups in total. The van der Waals surface area contributed by atoms with Gasteiger partial charge in [0.25, 0.3) is 0 Å². The van der Waals surface area contributed by atoms with Crippen LogP contribution in [0.15, 0.2) is 23.1 Å². The van der Waals surface area contributed by atoms with E-state index in [1.165, 1.54) is 6.07 Å². The number of hydrogen-bond acceptors (Lipinski definition) is 3. The van der Waals surface area contributed by atoms with Gasteiger partial charge >= 0.3 is 0 Å². The largest absolute Gasteiger partial charge is 0.396 e. The molecule has 0 saturated heterocycles. The van der Waals surface area contributed by atoms with Crippen molar-refractivity contribution in [2.45, 2.75) is 31.6 Å². The molecule has 0 aliphatic rings. The second-order valence-corrected chi connectivity index (χ2v) is 6.02. The average molecular weight is 317 g/mol. The molecule has 0 bridgehead atoms. The van der Waals surface area contributed by atoms with Crippen molar-refractivity contribution in [3.63, 3.8) is 0 Å². The Kier molecular flexibility index (Phi) is 7.11. The van der Waals surface area contributed by atoms with Crippen molar-refractivity contribution in [1.29, 1.82) is 0 Å². The van der Waals surface area contributed by atoms with E-state index in [2.05, 4.69) is 5.32 Å². The molecule has 0 atom stereocenters.